The lowest BCUT2D eigenvalue weighted by atomic mass is 10.0. The van der Waals surface area contributed by atoms with Crippen molar-refractivity contribution in [2.75, 3.05) is 26.7 Å². The van der Waals surface area contributed by atoms with E-state index >= 15 is 0 Å². The van der Waals surface area contributed by atoms with Crippen LogP contribution in [0.3, 0.4) is 0 Å². The SMILES string of the molecule is C=C/C(Cl)=C(\C=C)C[C@H]1NC(=O)[C@@H]2CCCN2C(=O)[C@@H](NC(=O)[C@H](CCCN)NC(C)=O)CCC(=O)NCCC[C@@H](C(N)=O)NC(=O)[C@H](C/C(C)=C/NC)NC(=O)[C@H](CC)NC1=O.CC. The second-order valence-corrected chi connectivity index (χ2v) is 15.9. The number of fused-ring (bicyclic) bond motifs is 1. The Morgan fingerprint density at radius 1 is 0.877 bits per heavy atom. The van der Waals surface area contributed by atoms with E-state index in [2.05, 4.69) is 55.7 Å². The third kappa shape index (κ3) is 19.5. The summed E-state index contributed by atoms with van der Waals surface area (Å²) < 4.78 is 0. The summed E-state index contributed by atoms with van der Waals surface area (Å²) in [6, 6.07) is -8.50. The molecule has 0 saturated carbocycles. The molecule has 2 aliphatic heterocycles. The number of primary amides is 1. The predicted octanol–water partition coefficient (Wildman–Crippen LogP) is 0.0250. The molecule has 0 unspecified atom stereocenters. The van der Waals surface area contributed by atoms with Gasteiger partial charge in [0.05, 0.1) is 0 Å². The van der Waals surface area contributed by atoms with Gasteiger partial charge in [-0.15, -0.1) is 0 Å². The highest BCUT2D eigenvalue weighted by molar-refractivity contribution is 6.31. The molecule has 9 amide bonds. The fraction of sp³-hybridized carbons (Fsp3) is 0.614. The Labute approximate surface area is 387 Å². The number of nitrogens with two attached hydrogens (primary N) is 2. The topological polar surface area (TPSA) is 305 Å². The molecule has 364 valence electrons. The van der Waals surface area contributed by atoms with Crippen LogP contribution in [0, 0.1) is 0 Å². The number of nitrogens with one attached hydrogen (secondary N) is 8. The molecular weight excluding hydrogens is 862 g/mol. The van der Waals surface area contributed by atoms with Crippen LogP contribution >= 0.6 is 11.6 Å². The van der Waals surface area contributed by atoms with Gasteiger partial charge < -0.3 is 58.9 Å². The standard InChI is InChI=1S/C42H66ClN11O9.C2H6/c1-7-26(27(43)8-2)22-33-40(61)49-28(9-3)37(58)52-32(21-24(4)23-46-6)39(60)50-29(36(45)57)14-11-19-47-35(56)17-16-31(42(63)54-20-12-15-34(54)41(62)53-33)51-38(59)30(13-10-18-44)48-25(5)55;1-2/h7-8,23,28-34,46H,1-2,9-22,44H2,3-6H3,(H2,45,57)(H,47,56)(H,48,55)(H,49,61)(H,50,60)(H,51,59)(H,52,58)(H,53,62);1-2H3/b24-23+,27-26-;/t28-,29-,30-,31-,32-,33+,34-;/m0./s1. The number of halogens is 1. The van der Waals surface area contributed by atoms with Crippen LogP contribution < -0.4 is 54.0 Å². The highest BCUT2D eigenvalue weighted by Crippen LogP contribution is 2.22. The first-order valence-electron chi connectivity index (χ1n) is 22.2. The van der Waals surface area contributed by atoms with E-state index in [9.17, 15) is 43.2 Å². The van der Waals surface area contributed by atoms with Gasteiger partial charge in [-0.3, -0.25) is 43.2 Å². The number of carbonyl (C=O) groups is 9. The number of allylic oxidation sites excluding steroid dienone is 3. The average molecular weight is 935 g/mol. The van der Waals surface area contributed by atoms with E-state index in [0.717, 1.165) is 0 Å². The Bertz CT molecular complexity index is 1770. The summed E-state index contributed by atoms with van der Waals surface area (Å²) in [4.78, 5) is 123. The molecule has 2 saturated heterocycles. The molecule has 7 atom stereocenters. The Morgan fingerprint density at radius 2 is 1.49 bits per heavy atom. The summed E-state index contributed by atoms with van der Waals surface area (Å²) in [6.45, 7) is 16.4. The van der Waals surface area contributed by atoms with Crippen LogP contribution in [0.4, 0.5) is 0 Å². The quantitative estimate of drug-likeness (QED) is 0.0977. The molecule has 0 aromatic carbocycles. The number of amides is 9. The van der Waals surface area contributed by atoms with E-state index in [1.165, 1.54) is 24.0 Å². The average Bonchev–Trinajstić information content (AvgIpc) is 3.77. The Balaban J connectivity index is 0.0000104. The van der Waals surface area contributed by atoms with Crippen molar-refractivity contribution in [2.45, 2.75) is 148 Å². The molecule has 0 aliphatic carbocycles. The van der Waals surface area contributed by atoms with Gasteiger partial charge in [0, 0.05) is 44.9 Å². The van der Waals surface area contributed by atoms with E-state index in [1.807, 2.05) is 13.8 Å². The normalized spacial score (nSPS) is 24.1. The lowest BCUT2D eigenvalue weighted by Crippen LogP contribution is -2.59. The summed E-state index contributed by atoms with van der Waals surface area (Å²) >= 11 is 6.39. The van der Waals surface area contributed by atoms with Crippen molar-refractivity contribution in [3.63, 3.8) is 0 Å². The molecule has 0 aromatic heterocycles. The van der Waals surface area contributed by atoms with Crippen LogP contribution in [0.15, 0.2) is 47.7 Å². The molecule has 2 fully saturated rings. The second kappa shape index (κ2) is 30.4. The first-order chi connectivity index (χ1) is 30.9. The molecule has 2 rings (SSSR count). The van der Waals surface area contributed by atoms with Gasteiger partial charge in [-0.05, 0) is 83.0 Å². The highest BCUT2D eigenvalue weighted by Gasteiger charge is 2.40. The molecule has 21 heteroatoms. The van der Waals surface area contributed by atoms with E-state index in [0.29, 0.717) is 24.0 Å². The second-order valence-electron chi connectivity index (χ2n) is 15.5. The van der Waals surface area contributed by atoms with Gasteiger partial charge in [0.25, 0.3) is 0 Å². The third-order valence-corrected chi connectivity index (χ3v) is 10.9. The maximum Gasteiger partial charge on any atom is 0.245 e. The van der Waals surface area contributed by atoms with Gasteiger partial charge in [0.1, 0.15) is 42.3 Å². The van der Waals surface area contributed by atoms with Gasteiger partial charge in [-0.25, -0.2) is 0 Å². The number of carbonyl (C=O) groups excluding carboxylic acids is 9. The largest absolute Gasteiger partial charge is 0.394 e. The molecule has 2 aliphatic rings. The maximum atomic E-state index is 14.4. The van der Waals surface area contributed by atoms with E-state index < -0.39 is 95.5 Å². The van der Waals surface area contributed by atoms with Gasteiger partial charge in [0.15, 0.2) is 0 Å². The van der Waals surface area contributed by atoms with Crippen molar-refractivity contribution in [3.05, 3.63) is 47.7 Å². The van der Waals surface area contributed by atoms with E-state index in [1.54, 1.807) is 27.1 Å². The van der Waals surface area contributed by atoms with Crippen molar-refractivity contribution < 1.29 is 43.2 Å². The fourth-order valence-electron chi connectivity index (χ4n) is 7.17. The molecule has 0 radical (unpaired) electrons. The van der Waals surface area contributed by atoms with Crippen LogP contribution in [0.1, 0.15) is 105 Å². The van der Waals surface area contributed by atoms with Crippen molar-refractivity contribution in [3.8, 4) is 0 Å². The molecule has 0 bridgehead atoms. The first kappa shape index (κ1) is 57.3. The lowest BCUT2D eigenvalue weighted by molar-refractivity contribution is -0.143. The molecular formula is C44H72ClN11O9. The Morgan fingerprint density at radius 3 is 2.08 bits per heavy atom. The van der Waals surface area contributed by atoms with Gasteiger partial charge in [-0.1, -0.05) is 63.3 Å². The van der Waals surface area contributed by atoms with Crippen LogP contribution in [0.25, 0.3) is 0 Å². The van der Waals surface area contributed by atoms with Crippen molar-refractivity contribution >= 4 is 64.8 Å². The fourth-order valence-corrected chi connectivity index (χ4v) is 7.32. The number of hydrogen-bond acceptors (Lipinski definition) is 11. The number of hydrogen-bond donors (Lipinski definition) is 10. The monoisotopic (exact) mass is 934 g/mol. The molecule has 65 heavy (non-hydrogen) atoms. The van der Waals surface area contributed by atoms with Crippen LogP contribution in [0.2, 0.25) is 0 Å². The zero-order chi connectivity index (χ0) is 49.2. The minimum absolute atomic E-state index is 0.0101. The molecule has 0 aromatic rings. The summed E-state index contributed by atoms with van der Waals surface area (Å²) in [5.41, 5.74) is 12.3. The van der Waals surface area contributed by atoms with Gasteiger partial charge >= 0.3 is 0 Å². The minimum Gasteiger partial charge on any atom is -0.394 e. The van der Waals surface area contributed by atoms with Crippen LogP contribution in [0.5, 0.6) is 0 Å². The van der Waals surface area contributed by atoms with Crippen molar-refractivity contribution in [1.82, 2.24) is 47.4 Å². The summed E-state index contributed by atoms with van der Waals surface area (Å²) in [6.07, 6.45) is 5.05. The molecule has 0 spiro atoms. The molecule has 12 N–H and O–H groups in total. The predicted molar refractivity (Wildman–Crippen MR) is 248 cm³/mol. The number of rotatable bonds is 15. The third-order valence-electron chi connectivity index (χ3n) is 10.5. The Kier molecular flexibility index (Phi) is 26.8. The van der Waals surface area contributed by atoms with Gasteiger partial charge in [0.2, 0.25) is 53.2 Å². The smallest absolute Gasteiger partial charge is 0.245 e. The summed E-state index contributed by atoms with van der Waals surface area (Å²) in [5.74, 6) is -6.21. The van der Waals surface area contributed by atoms with Gasteiger partial charge in [-0.2, -0.15) is 0 Å². The highest BCUT2D eigenvalue weighted by atomic mass is 35.5. The minimum atomic E-state index is -1.38. The van der Waals surface area contributed by atoms with E-state index in [4.69, 9.17) is 23.1 Å². The summed E-state index contributed by atoms with van der Waals surface area (Å²) in [5, 5.41) is 21.6. The Hall–Kier alpha value is -5.76. The summed E-state index contributed by atoms with van der Waals surface area (Å²) in [7, 11) is 1.66. The van der Waals surface area contributed by atoms with Crippen LogP contribution in [-0.4, -0.2) is 127 Å². The first-order valence-corrected chi connectivity index (χ1v) is 22.6. The van der Waals surface area contributed by atoms with Crippen molar-refractivity contribution in [2.24, 2.45) is 11.5 Å². The molecule has 2 heterocycles. The van der Waals surface area contributed by atoms with Crippen LogP contribution in [-0.2, 0) is 43.2 Å². The zero-order valence-electron chi connectivity index (χ0n) is 38.7. The lowest BCUT2D eigenvalue weighted by Gasteiger charge is -2.31. The van der Waals surface area contributed by atoms with E-state index in [-0.39, 0.29) is 82.5 Å². The zero-order valence-corrected chi connectivity index (χ0v) is 39.5. The maximum absolute atomic E-state index is 14.4. The number of nitrogens with zero attached hydrogens (tertiary/aromatic N) is 1. The molecule has 20 nitrogen and oxygen atoms in total. The van der Waals surface area contributed by atoms with Crippen molar-refractivity contribution in [1.29, 1.82) is 0 Å².